The highest BCUT2D eigenvalue weighted by Crippen LogP contribution is 2.24. The van der Waals surface area contributed by atoms with Crippen molar-refractivity contribution in [2.24, 2.45) is 0 Å². The van der Waals surface area contributed by atoms with Crippen molar-refractivity contribution in [3.63, 3.8) is 0 Å². The highest BCUT2D eigenvalue weighted by molar-refractivity contribution is 5.28. The third-order valence-electron chi connectivity index (χ3n) is 3.50. The molecule has 106 valence electrons. The van der Waals surface area contributed by atoms with Crippen molar-refractivity contribution in [3.05, 3.63) is 42.5 Å². The van der Waals surface area contributed by atoms with E-state index in [9.17, 15) is 4.39 Å². The lowest BCUT2D eigenvalue weighted by atomic mass is 10.1. The van der Waals surface area contributed by atoms with Crippen LogP contribution in [0, 0.1) is 5.82 Å². The number of aromatic nitrogens is 2. The van der Waals surface area contributed by atoms with Gasteiger partial charge in [0.15, 0.2) is 5.75 Å². The number of halogens is 1. The van der Waals surface area contributed by atoms with Crippen molar-refractivity contribution in [1.29, 1.82) is 0 Å². The molecule has 1 aliphatic heterocycles. The number of rotatable bonds is 3. The second-order valence-electron chi connectivity index (χ2n) is 5.07. The molecule has 2 heterocycles. The summed E-state index contributed by atoms with van der Waals surface area (Å²) in [6.45, 7) is 2.01. The van der Waals surface area contributed by atoms with Gasteiger partial charge in [-0.05, 0) is 31.5 Å². The first-order valence-electron chi connectivity index (χ1n) is 6.99. The van der Waals surface area contributed by atoms with Crippen LogP contribution < -0.4 is 10.1 Å². The topological polar surface area (TPSA) is 39.1 Å². The lowest BCUT2D eigenvalue weighted by Crippen LogP contribution is -2.23. The third kappa shape index (κ3) is 3.17. The van der Waals surface area contributed by atoms with Gasteiger partial charge in [-0.3, -0.25) is 4.68 Å². The van der Waals surface area contributed by atoms with Crippen molar-refractivity contribution in [1.82, 2.24) is 15.1 Å². The zero-order valence-corrected chi connectivity index (χ0v) is 11.3. The second kappa shape index (κ2) is 6.05. The van der Waals surface area contributed by atoms with E-state index in [0.717, 1.165) is 19.5 Å². The Kier molecular flexibility index (Phi) is 3.97. The van der Waals surface area contributed by atoms with Crippen molar-refractivity contribution in [2.75, 3.05) is 13.1 Å². The first-order valence-corrected chi connectivity index (χ1v) is 6.99. The van der Waals surface area contributed by atoms with Gasteiger partial charge in [0.05, 0.1) is 18.4 Å². The summed E-state index contributed by atoms with van der Waals surface area (Å²) >= 11 is 0. The average molecular weight is 275 g/mol. The summed E-state index contributed by atoms with van der Waals surface area (Å²) in [5.41, 5.74) is 0. The Labute approximate surface area is 117 Å². The summed E-state index contributed by atoms with van der Waals surface area (Å²) in [4.78, 5) is 0. The quantitative estimate of drug-likeness (QED) is 0.935. The Morgan fingerprint density at radius 3 is 3.15 bits per heavy atom. The first kappa shape index (κ1) is 13.1. The first-order chi connectivity index (χ1) is 9.81. The van der Waals surface area contributed by atoms with Gasteiger partial charge in [-0.1, -0.05) is 12.5 Å². The molecule has 1 N–H and O–H groups in total. The molecule has 0 amide bonds. The molecule has 1 unspecified atom stereocenters. The van der Waals surface area contributed by atoms with Crippen molar-refractivity contribution in [2.45, 2.75) is 25.3 Å². The van der Waals surface area contributed by atoms with Gasteiger partial charge < -0.3 is 10.1 Å². The smallest absolute Gasteiger partial charge is 0.165 e. The SMILES string of the molecule is Fc1cccc(Oc2cnn(C3CCCCNC3)c2)c1. The summed E-state index contributed by atoms with van der Waals surface area (Å²) in [5, 5.41) is 7.77. The maximum Gasteiger partial charge on any atom is 0.165 e. The molecule has 1 aromatic carbocycles. The van der Waals surface area contributed by atoms with Gasteiger partial charge in [-0.2, -0.15) is 5.10 Å². The van der Waals surface area contributed by atoms with Crippen LogP contribution >= 0.6 is 0 Å². The Balaban J connectivity index is 1.70. The van der Waals surface area contributed by atoms with Crippen LogP contribution in [0.25, 0.3) is 0 Å². The minimum atomic E-state index is -0.303. The number of nitrogens with zero attached hydrogens (tertiary/aromatic N) is 2. The van der Waals surface area contributed by atoms with E-state index in [0.29, 0.717) is 17.5 Å². The van der Waals surface area contributed by atoms with Crippen LogP contribution in [0.4, 0.5) is 4.39 Å². The molecule has 4 nitrogen and oxygen atoms in total. The van der Waals surface area contributed by atoms with Gasteiger partial charge in [0.2, 0.25) is 0 Å². The van der Waals surface area contributed by atoms with Gasteiger partial charge in [0.25, 0.3) is 0 Å². The van der Waals surface area contributed by atoms with Crippen LogP contribution in [0.3, 0.4) is 0 Å². The molecule has 1 saturated heterocycles. The fourth-order valence-electron chi connectivity index (χ4n) is 2.47. The number of hydrogen-bond acceptors (Lipinski definition) is 3. The van der Waals surface area contributed by atoms with Crippen molar-refractivity contribution in [3.8, 4) is 11.5 Å². The standard InChI is InChI=1S/C15H18FN3O/c16-12-4-3-6-14(8-12)20-15-10-18-19(11-15)13-5-1-2-7-17-9-13/h3-4,6,8,10-11,13,17H,1-2,5,7,9H2. The minimum Gasteiger partial charge on any atom is -0.454 e. The molecule has 1 atom stereocenters. The van der Waals surface area contributed by atoms with E-state index in [-0.39, 0.29) is 5.82 Å². The molecule has 0 radical (unpaired) electrons. The summed E-state index contributed by atoms with van der Waals surface area (Å²) in [5.74, 6) is 0.825. The molecule has 1 fully saturated rings. The molecule has 0 saturated carbocycles. The zero-order valence-electron chi connectivity index (χ0n) is 11.3. The van der Waals surface area contributed by atoms with Crippen LogP contribution in [0.1, 0.15) is 25.3 Å². The third-order valence-corrected chi connectivity index (χ3v) is 3.50. The summed E-state index contributed by atoms with van der Waals surface area (Å²) in [7, 11) is 0. The van der Waals surface area contributed by atoms with Crippen LogP contribution in [-0.2, 0) is 0 Å². The summed E-state index contributed by atoms with van der Waals surface area (Å²) < 4.78 is 20.7. The lowest BCUT2D eigenvalue weighted by molar-refractivity contribution is 0.418. The van der Waals surface area contributed by atoms with E-state index in [2.05, 4.69) is 10.4 Å². The molecular weight excluding hydrogens is 257 g/mol. The van der Waals surface area contributed by atoms with Gasteiger partial charge in [-0.15, -0.1) is 0 Å². The van der Waals surface area contributed by atoms with Gasteiger partial charge >= 0.3 is 0 Å². The Morgan fingerprint density at radius 1 is 1.30 bits per heavy atom. The van der Waals surface area contributed by atoms with E-state index in [1.54, 1.807) is 18.3 Å². The number of nitrogens with one attached hydrogen (secondary N) is 1. The van der Waals surface area contributed by atoms with E-state index >= 15 is 0 Å². The van der Waals surface area contributed by atoms with E-state index in [1.807, 2.05) is 10.9 Å². The molecule has 0 bridgehead atoms. The van der Waals surface area contributed by atoms with Crippen molar-refractivity contribution < 1.29 is 9.13 Å². The van der Waals surface area contributed by atoms with Gasteiger partial charge in [0.1, 0.15) is 11.6 Å². The summed E-state index contributed by atoms with van der Waals surface area (Å²) in [6.07, 6.45) is 7.09. The molecule has 1 aliphatic rings. The Morgan fingerprint density at radius 2 is 2.25 bits per heavy atom. The second-order valence-corrected chi connectivity index (χ2v) is 5.07. The van der Waals surface area contributed by atoms with Crippen LogP contribution in [-0.4, -0.2) is 22.9 Å². The van der Waals surface area contributed by atoms with Crippen molar-refractivity contribution >= 4 is 0 Å². The highest BCUT2D eigenvalue weighted by Gasteiger charge is 2.15. The summed E-state index contributed by atoms with van der Waals surface area (Å²) in [6, 6.07) is 6.48. The monoisotopic (exact) mass is 275 g/mol. The minimum absolute atomic E-state index is 0.303. The average Bonchev–Trinajstić information content (AvgIpc) is 2.73. The van der Waals surface area contributed by atoms with Crippen LogP contribution in [0.5, 0.6) is 11.5 Å². The van der Waals surface area contributed by atoms with E-state index in [4.69, 9.17) is 4.74 Å². The molecule has 1 aromatic heterocycles. The number of hydrogen-bond donors (Lipinski definition) is 1. The molecular formula is C15H18FN3O. The van der Waals surface area contributed by atoms with E-state index in [1.165, 1.54) is 25.0 Å². The normalized spacial score (nSPS) is 19.6. The predicted octanol–water partition coefficient (Wildman–Crippen LogP) is 3.13. The molecule has 5 heteroatoms. The highest BCUT2D eigenvalue weighted by atomic mass is 19.1. The lowest BCUT2D eigenvalue weighted by Gasteiger charge is -2.14. The molecule has 3 rings (SSSR count). The Bertz CT molecular complexity index is 562. The molecule has 20 heavy (non-hydrogen) atoms. The van der Waals surface area contributed by atoms with Gasteiger partial charge in [-0.25, -0.2) is 4.39 Å². The van der Waals surface area contributed by atoms with Crippen LogP contribution in [0.15, 0.2) is 36.7 Å². The zero-order chi connectivity index (χ0) is 13.8. The molecule has 0 aliphatic carbocycles. The number of benzene rings is 1. The predicted molar refractivity (Wildman–Crippen MR) is 74.5 cm³/mol. The fraction of sp³-hybridized carbons (Fsp3) is 0.400. The maximum atomic E-state index is 13.1. The van der Waals surface area contributed by atoms with Gasteiger partial charge in [0, 0.05) is 12.6 Å². The maximum absolute atomic E-state index is 13.1. The van der Waals surface area contributed by atoms with Crippen LogP contribution in [0.2, 0.25) is 0 Å². The number of ether oxygens (including phenoxy) is 1. The molecule has 2 aromatic rings. The Hall–Kier alpha value is -1.88. The largest absolute Gasteiger partial charge is 0.454 e. The van der Waals surface area contributed by atoms with E-state index < -0.39 is 0 Å². The fourth-order valence-corrected chi connectivity index (χ4v) is 2.47. The molecule has 0 spiro atoms.